The van der Waals surface area contributed by atoms with Crippen LogP contribution in [0.15, 0.2) is 35.2 Å². The SMILES string of the molecule is Cc1cc(C)nc(NS(=O)(=O)c2cccc3nsnc23)c1. The molecule has 0 fully saturated rings. The molecule has 0 unspecified atom stereocenters. The maximum atomic E-state index is 12.5. The van der Waals surface area contributed by atoms with Crippen molar-refractivity contribution in [3.8, 4) is 0 Å². The lowest BCUT2D eigenvalue weighted by Gasteiger charge is -2.09. The molecule has 1 N–H and O–H groups in total. The summed E-state index contributed by atoms with van der Waals surface area (Å²) in [5.74, 6) is 0.299. The molecule has 0 spiro atoms. The summed E-state index contributed by atoms with van der Waals surface area (Å²) in [6, 6.07) is 8.45. The molecule has 0 radical (unpaired) electrons. The van der Waals surface area contributed by atoms with E-state index in [1.54, 1.807) is 18.2 Å². The molecule has 0 saturated carbocycles. The first-order valence-corrected chi connectivity index (χ1v) is 8.36. The molecule has 3 aromatic rings. The number of benzene rings is 1. The Morgan fingerprint density at radius 1 is 1.14 bits per heavy atom. The second-order valence-electron chi connectivity index (χ2n) is 4.66. The van der Waals surface area contributed by atoms with E-state index in [9.17, 15) is 8.42 Å². The largest absolute Gasteiger partial charge is 0.265 e. The van der Waals surface area contributed by atoms with Crippen LogP contribution in [0.25, 0.3) is 11.0 Å². The molecule has 0 aliphatic heterocycles. The first kappa shape index (κ1) is 13.9. The zero-order valence-corrected chi connectivity index (χ0v) is 13.0. The van der Waals surface area contributed by atoms with Gasteiger partial charge < -0.3 is 0 Å². The van der Waals surface area contributed by atoms with Gasteiger partial charge in [0.1, 0.15) is 21.7 Å². The molecule has 1 aromatic carbocycles. The highest BCUT2D eigenvalue weighted by Crippen LogP contribution is 2.23. The van der Waals surface area contributed by atoms with Gasteiger partial charge in [-0.15, -0.1) is 0 Å². The Morgan fingerprint density at radius 2 is 1.95 bits per heavy atom. The highest BCUT2D eigenvalue weighted by atomic mass is 32.2. The van der Waals surface area contributed by atoms with Gasteiger partial charge in [0.05, 0.1) is 11.7 Å². The van der Waals surface area contributed by atoms with Crippen LogP contribution in [0.1, 0.15) is 11.3 Å². The average Bonchev–Trinajstić information content (AvgIpc) is 2.84. The fraction of sp³-hybridized carbons (Fsp3) is 0.154. The number of fused-ring (bicyclic) bond motifs is 1. The van der Waals surface area contributed by atoms with E-state index >= 15 is 0 Å². The van der Waals surface area contributed by atoms with Crippen molar-refractivity contribution in [2.75, 3.05) is 4.72 Å². The van der Waals surface area contributed by atoms with Crippen LogP contribution >= 0.6 is 11.7 Å². The maximum Gasteiger partial charge on any atom is 0.265 e. The molecule has 2 aromatic heterocycles. The number of anilines is 1. The van der Waals surface area contributed by atoms with Gasteiger partial charge in [0.2, 0.25) is 0 Å². The smallest absolute Gasteiger partial charge is 0.263 e. The number of nitrogens with one attached hydrogen (secondary N) is 1. The van der Waals surface area contributed by atoms with E-state index in [-0.39, 0.29) is 4.90 Å². The minimum absolute atomic E-state index is 0.106. The van der Waals surface area contributed by atoms with Crippen molar-refractivity contribution in [1.29, 1.82) is 0 Å². The third kappa shape index (κ3) is 2.72. The van der Waals surface area contributed by atoms with Gasteiger partial charge in [0, 0.05) is 5.69 Å². The second-order valence-corrected chi connectivity index (χ2v) is 6.84. The molecular weight excluding hydrogens is 308 g/mol. The Balaban J connectivity index is 2.06. The highest BCUT2D eigenvalue weighted by molar-refractivity contribution is 7.93. The van der Waals surface area contributed by atoms with Gasteiger partial charge in [0.25, 0.3) is 10.0 Å². The molecule has 0 saturated heterocycles. The number of rotatable bonds is 3. The standard InChI is InChI=1S/C13H12N4O2S2/c1-8-6-9(2)14-12(7-8)17-21(18,19)11-5-3-4-10-13(11)16-20-15-10/h3-7H,1-2H3,(H,14,17). The zero-order chi connectivity index (χ0) is 15.0. The van der Waals surface area contributed by atoms with Crippen LogP contribution in [-0.2, 0) is 10.0 Å². The van der Waals surface area contributed by atoms with Crippen molar-refractivity contribution in [2.24, 2.45) is 0 Å². The molecular formula is C13H12N4O2S2. The zero-order valence-electron chi connectivity index (χ0n) is 11.4. The van der Waals surface area contributed by atoms with Gasteiger partial charge in [0.15, 0.2) is 0 Å². The Bertz CT molecular complexity index is 899. The van der Waals surface area contributed by atoms with E-state index in [1.807, 2.05) is 19.9 Å². The lowest BCUT2D eigenvalue weighted by Crippen LogP contribution is -2.14. The van der Waals surface area contributed by atoms with Crippen LogP contribution in [-0.4, -0.2) is 22.1 Å². The van der Waals surface area contributed by atoms with E-state index in [0.29, 0.717) is 16.9 Å². The first-order valence-electron chi connectivity index (χ1n) is 6.15. The minimum Gasteiger partial charge on any atom is -0.263 e. The number of hydrogen-bond donors (Lipinski definition) is 1. The first-order chi connectivity index (χ1) is 9.95. The van der Waals surface area contributed by atoms with E-state index in [4.69, 9.17) is 0 Å². The van der Waals surface area contributed by atoms with Crippen LogP contribution in [0.4, 0.5) is 5.82 Å². The quantitative estimate of drug-likeness (QED) is 0.801. The maximum absolute atomic E-state index is 12.5. The molecule has 21 heavy (non-hydrogen) atoms. The third-order valence-electron chi connectivity index (χ3n) is 2.88. The number of hydrogen-bond acceptors (Lipinski definition) is 6. The molecule has 8 heteroatoms. The van der Waals surface area contributed by atoms with Crippen molar-refractivity contribution < 1.29 is 8.42 Å². The number of aromatic nitrogens is 3. The summed E-state index contributed by atoms with van der Waals surface area (Å²) in [5, 5.41) is 0. The molecule has 0 amide bonds. The monoisotopic (exact) mass is 320 g/mol. The molecule has 0 aliphatic rings. The molecule has 0 atom stereocenters. The van der Waals surface area contributed by atoms with Crippen LogP contribution in [0.5, 0.6) is 0 Å². The summed E-state index contributed by atoms with van der Waals surface area (Å²) in [6.07, 6.45) is 0. The lowest BCUT2D eigenvalue weighted by atomic mass is 10.2. The van der Waals surface area contributed by atoms with Gasteiger partial charge in [-0.1, -0.05) is 6.07 Å². The Labute approximate surface area is 126 Å². The Morgan fingerprint density at radius 3 is 2.71 bits per heavy atom. The van der Waals surface area contributed by atoms with Crippen molar-refractivity contribution in [2.45, 2.75) is 18.7 Å². The van der Waals surface area contributed by atoms with Gasteiger partial charge in [-0.25, -0.2) is 13.4 Å². The number of nitrogens with zero attached hydrogens (tertiary/aromatic N) is 3. The summed E-state index contributed by atoms with van der Waals surface area (Å²) in [6.45, 7) is 3.70. The van der Waals surface area contributed by atoms with Crippen molar-refractivity contribution in [3.63, 3.8) is 0 Å². The van der Waals surface area contributed by atoms with Crippen molar-refractivity contribution >= 4 is 38.6 Å². The van der Waals surface area contributed by atoms with Crippen LogP contribution < -0.4 is 4.72 Å². The molecule has 0 bridgehead atoms. The van der Waals surface area contributed by atoms with E-state index in [1.165, 1.54) is 6.07 Å². The molecule has 108 valence electrons. The second kappa shape index (κ2) is 5.05. The summed E-state index contributed by atoms with van der Waals surface area (Å²) in [4.78, 5) is 4.29. The molecule has 0 aliphatic carbocycles. The van der Waals surface area contributed by atoms with Crippen LogP contribution in [0.3, 0.4) is 0 Å². The summed E-state index contributed by atoms with van der Waals surface area (Å²) in [7, 11) is -3.75. The molecule has 2 heterocycles. The number of aryl methyl sites for hydroxylation is 2. The number of pyridine rings is 1. The lowest BCUT2D eigenvalue weighted by molar-refractivity contribution is 0.601. The normalized spacial score (nSPS) is 11.7. The highest BCUT2D eigenvalue weighted by Gasteiger charge is 2.20. The Kier molecular flexibility index (Phi) is 3.34. The third-order valence-corrected chi connectivity index (χ3v) is 4.80. The summed E-state index contributed by atoms with van der Waals surface area (Å²) >= 11 is 0.986. The molecule has 6 nitrogen and oxygen atoms in total. The van der Waals surface area contributed by atoms with Gasteiger partial charge >= 0.3 is 0 Å². The van der Waals surface area contributed by atoms with Crippen molar-refractivity contribution in [1.82, 2.24) is 13.7 Å². The van der Waals surface area contributed by atoms with Gasteiger partial charge in [-0.05, 0) is 43.7 Å². The average molecular weight is 320 g/mol. The molecule has 3 rings (SSSR count). The fourth-order valence-electron chi connectivity index (χ4n) is 2.08. The predicted molar refractivity (Wildman–Crippen MR) is 81.9 cm³/mol. The Hall–Kier alpha value is -2.06. The number of sulfonamides is 1. The predicted octanol–water partition coefficient (Wildman–Crippen LogP) is 2.50. The summed E-state index contributed by atoms with van der Waals surface area (Å²) in [5.41, 5.74) is 2.63. The van der Waals surface area contributed by atoms with Crippen LogP contribution in [0.2, 0.25) is 0 Å². The van der Waals surface area contributed by atoms with Crippen LogP contribution in [0, 0.1) is 13.8 Å². The van der Waals surface area contributed by atoms with E-state index < -0.39 is 10.0 Å². The van der Waals surface area contributed by atoms with E-state index in [0.717, 1.165) is 23.0 Å². The van der Waals surface area contributed by atoms with E-state index in [2.05, 4.69) is 18.5 Å². The topological polar surface area (TPSA) is 84.8 Å². The van der Waals surface area contributed by atoms with Crippen molar-refractivity contribution in [3.05, 3.63) is 41.6 Å². The minimum atomic E-state index is -3.75. The van der Waals surface area contributed by atoms with Gasteiger partial charge in [-0.2, -0.15) is 8.75 Å². The van der Waals surface area contributed by atoms with Gasteiger partial charge in [-0.3, -0.25) is 4.72 Å². The summed E-state index contributed by atoms with van der Waals surface area (Å²) < 4.78 is 35.6. The fourth-order valence-corrected chi connectivity index (χ4v) is 3.84.